The number of aliphatic carboxylic acids is 1. The maximum Gasteiger partial charge on any atom is 0.326 e. The zero-order valence-corrected chi connectivity index (χ0v) is 10.2. The van der Waals surface area contributed by atoms with E-state index in [9.17, 15) is 18.0 Å². The fourth-order valence-electron chi connectivity index (χ4n) is 1.09. The fraction of sp³-hybridized carbons (Fsp3) is 0.778. The Morgan fingerprint density at radius 1 is 1.38 bits per heavy atom. The van der Waals surface area contributed by atoms with Gasteiger partial charge in [0.1, 0.15) is 15.9 Å². The summed E-state index contributed by atoms with van der Waals surface area (Å²) in [6.45, 7) is 1.80. The third kappa shape index (κ3) is 7.22. The molecule has 0 aromatic heterocycles. The number of carbonyl (C=O) groups is 2. The van der Waals surface area contributed by atoms with E-state index in [0.717, 1.165) is 6.26 Å². The number of carbonyl (C=O) groups excluding carboxylic acids is 1. The highest BCUT2D eigenvalue weighted by molar-refractivity contribution is 7.90. The van der Waals surface area contributed by atoms with E-state index in [2.05, 4.69) is 5.32 Å². The molecule has 0 saturated carbocycles. The van der Waals surface area contributed by atoms with Gasteiger partial charge in [-0.1, -0.05) is 13.3 Å². The molecule has 0 fully saturated rings. The minimum atomic E-state index is -3.20. The van der Waals surface area contributed by atoms with Crippen LogP contribution in [0.1, 0.15) is 26.2 Å². The van der Waals surface area contributed by atoms with E-state index in [0.29, 0.717) is 12.8 Å². The lowest BCUT2D eigenvalue weighted by Crippen LogP contribution is -2.41. The Kier molecular flexibility index (Phi) is 6.02. The van der Waals surface area contributed by atoms with Crippen LogP contribution in [0.25, 0.3) is 0 Å². The van der Waals surface area contributed by atoms with Gasteiger partial charge in [-0.2, -0.15) is 0 Å². The molecule has 0 aliphatic rings. The number of hydrogen-bond donors (Lipinski definition) is 2. The second kappa shape index (κ2) is 6.47. The summed E-state index contributed by atoms with van der Waals surface area (Å²) in [7, 11) is -3.20. The standard InChI is InChI=1S/C9H17NO5S/c1-3-4-7(9(12)13)10-8(11)5-6-16(2,14)15/h7H,3-6H2,1-2H3,(H,10,11)(H,12,13)/t7-/m0/s1. The van der Waals surface area contributed by atoms with E-state index in [1.807, 2.05) is 0 Å². The molecule has 0 aromatic carbocycles. The van der Waals surface area contributed by atoms with E-state index >= 15 is 0 Å². The highest BCUT2D eigenvalue weighted by atomic mass is 32.2. The fourth-order valence-corrected chi connectivity index (χ4v) is 1.65. The summed E-state index contributed by atoms with van der Waals surface area (Å²) in [6, 6.07) is -0.933. The smallest absolute Gasteiger partial charge is 0.326 e. The first-order chi connectivity index (χ1) is 7.26. The summed E-state index contributed by atoms with van der Waals surface area (Å²) in [5.41, 5.74) is 0. The Morgan fingerprint density at radius 3 is 2.31 bits per heavy atom. The quantitative estimate of drug-likeness (QED) is 0.652. The monoisotopic (exact) mass is 251 g/mol. The van der Waals surface area contributed by atoms with Gasteiger partial charge in [0.15, 0.2) is 0 Å². The minimum Gasteiger partial charge on any atom is -0.480 e. The molecule has 0 saturated heterocycles. The van der Waals surface area contributed by atoms with E-state index in [1.54, 1.807) is 6.92 Å². The molecule has 0 aliphatic heterocycles. The minimum absolute atomic E-state index is 0.202. The van der Waals surface area contributed by atoms with Crippen molar-refractivity contribution in [3.8, 4) is 0 Å². The summed E-state index contributed by atoms with van der Waals surface area (Å²) < 4.78 is 21.6. The summed E-state index contributed by atoms with van der Waals surface area (Å²) in [4.78, 5) is 21.9. The van der Waals surface area contributed by atoms with Crippen LogP contribution < -0.4 is 5.32 Å². The molecule has 0 rings (SSSR count). The maximum absolute atomic E-state index is 11.2. The third-order valence-electron chi connectivity index (χ3n) is 1.91. The van der Waals surface area contributed by atoms with Crippen molar-refractivity contribution >= 4 is 21.7 Å². The molecule has 7 heteroatoms. The van der Waals surface area contributed by atoms with Crippen molar-refractivity contribution in [2.24, 2.45) is 0 Å². The molecule has 0 aromatic rings. The van der Waals surface area contributed by atoms with Crippen LogP contribution in [-0.2, 0) is 19.4 Å². The van der Waals surface area contributed by atoms with Crippen LogP contribution in [0.2, 0.25) is 0 Å². The van der Waals surface area contributed by atoms with Crippen LogP contribution in [-0.4, -0.2) is 43.5 Å². The van der Waals surface area contributed by atoms with Crippen molar-refractivity contribution in [1.29, 1.82) is 0 Å². The van der Waals surface area contributed by atoms with Gasteiger partial charge in [0.05, 0.1) is 5.75 Å². The number of carboxylic acid groups (broad SMARTS) is 1. The molecule has 0 spiro atoms. The maximum atomic E-state index is 11.2. The van der Waals surface area contributed by atoms with Gasteiger partial charge in [-0.15, -0.1) is 0 Å². The zero-order chi connectivity index (χ0) is 12.8. The van der Waals surface area contributed by atoms with Crippen LogP contribution >= 0.6 is 0 Å². The molecule has 1 atom stereocenters. The van der Waals surface area contributed by atoms with Gasteiger partial charge < -0.3 is 10.4 Å². The van der Waals surface area contributed by atoms with Crippen LogP contribution in [0.5, 0.6) is 0 Å². The Morgan fingerprint density at radius 2 is 1.94 bits per heavy atom. The summed E-state index contributed by atoms with van der Waals surface area (Å²) in [6.07, 6.45) is 1.79. The molecule has 1 amide bonds. The zero-order valence-electron chi connectivity index (χ0n) is 9.39. The van der Waals surface area contributed by atoms with Gasteiger partial charge in [0.25, 0.3) is 0 Å². The average molecular weight is 251 g/mol. The van der Waals surface area contributed by atoms with E-state index in [4.69, 9.17) is 5.11 Å². The first-order valence-electron chi connectivity index (χ1n) is 4.96. The Hall–Kier alpha value is -1.11. The van der Waals surface area contributed by atoms with Crippen molar-refractivity contribution in [3.63, 3.8) is 0 Å². The van der Waals surface area contributed by atoms with Crippen LogP contribution in [0.15, 0.2) is 0 Å². The molecule has 16 heavy (non-hydrogen) atoms. The van der Waals surface area contributed by atoms with E-state index < -0.39 is 27.8 Å². The van der Waals surface area contributed by atoms with Gasteiger partial charge in [-0.3, -0.25) is 4.79 Å². The van der Waals surface area contributed by atoms with Crippen molar-refractivity contribution < 1.29 is 23.1 Å². The average Bonchev–Trinajstić information content (AvgIpc) is 2.13. The predicted octanol–water partition coefficient (Wildman–Crippen LogP) is -0.209. The molecule has 0 bridgehead atoms. The molecule has 94 valence electrons. The first kappa shape index (κ1) is 14.9. The summed E-state index contributed by atoms with van der Waals surface area (Å²) in [5, 5.41) is 11.0. The summed E-state index contributed by atoms with van der Waals surface area (Å²) >= 11 is 0. The lowest BCUT2D eigenvalue weighted by Gasteiger charge is -2.12. The number of amides is 1. The predicted molar refractivity (Wildman–Crippen MR) is 58.8 cm³/mol. The van der Waals surface area contributed by atoms with Crippen LogP contribution in [0.3, 0.4) is 0 Å². The Bertz CT molecular complexity index is 349. The largest absolute Gasteiger partial charge is 0.480 e. The van der Waals surface area contributed by atoms with Crippen LogP contribution in [0.4, 0.5) is 0 Å². The highest BCUT2D eigenvalue weighted by Crippen LogP contribution is 1.98. The molecule has 6 nitrogen and oxygen atoms in total. The summed E-state index contributed by atoms with van der Waals surface area (Å²) in [5.74, 6) is -1.92. The van der Waals surface area contributed by atoms with Gasteiger partial charge in [-0.05, 0) is 6.42 Å². The molecular formula is C9H17NO5S. The third-order valence-corrected chi connectivity index (χ3v) is 2.86. The first-order valence-corrected chi connectivity index (χ1v) is 7.02. The number of carboxylic acids is 1. The SMILES string of the molecule is CCC[C@H](NC(=O)CCS(C)(=O)=O)C(=O)O. The molecule has 0 radical (unpaired) electrons. The second-order valence-electron chi connectivity index (χ2n) is 3.63. The van der Waals surface area contributed by atoms with E-state index in [-0.39, 0.29) is 12.2 Å². The Balaban J connectivity index is 4.15. The van der Waals surface area contributed by atoms with Crippen molar-refractivity contribution in [1.82, 2.24) is 5.32 Å². The molecule has 0 heterocycles. The molecular weight excluding hydrogens is 234 g/mol. The van der Waals surface area contributed by atoms with Gasteiger partial charge >= 0.3 is 5.97 Å². The van der Waals surface area contributed by atoms with E-state index in [1.165, 1.54) is 0 Å². The topological polar surface area (TPSA) is 101 Å². The number of nitrogens with one attached hydrogen (secondary N) is 1. The van der Waals surface area contributed by atoms with Gasteiger partial charge in [0, 0.05) is 12.7 Å². The number of sulfone groups is 1. The highest BCUT2D eigenvalue weighted by Gasteiger charge is 2.19. The lowest BCUT2D eigenvalue weighted by molar-refractivity contribution is -0.142. The molecule has 0 aliphatic carbocycles. The van der Waals surface area contributed by atoms with Crippen molar-refractivity contribution in [2.45, 2.75) is 32.2 Å². The van der Waals surface area contributed by atoms with Crippen molar-refractivity contribution in [3.05, 3.63) is 0 Å². The van der Waals surface area contributed by atoms with Gasteiger partial charge in [-0.25, -0.2) is 13.2 Å². The number of rotatable bonds is 7. The normalized spacial score (nSPS) is 13.1. The Labute approximate surface area is 95.0 Å². The van der Waals surface area contributed by atoms with Gasteiger partial charge in [0.2, 0.25) is 5.91 Å². The lowest BCUT2D eigenvalue weighted by atomic mass is 10.1. The van der Waals surface area contributed by atoms with Crippen molar-refractivity contribution in [2.75, 3.05) is 12.0 Å². The van der Waals surface area contributed by atoms with Crippen LogP contribution in [0, 0.1) is 0 Å². The molecule has 2 N–H and O–H groups in total. The number of hydrogen-bond acceptors (Lipinski definition) is 4. The molecule has 0 unspecified atom stereocenters. The second-order valence-corrected chi connectivity index (χ2v) is 5.89.